The highest BCUT2D eigenvalue weighted by Crippen LogP contribution is 2.38. The molecule has 0 N–H and O–H groups in total. The SMILES string of the molecule is Cn1c(-c2ccccc2)cnc1Sc1cccc(S(C)(=O)=O)c1[N+](=O)[O-]. The van der Waals surface area contributed by atoms with Gasteiger partial charge in [0.25, 0.3) is 0 Å². The van der Waals surface area contributed by atoms with Gasteiger partial charge in [-0.2, -0.15) is 0 Å². The van der Waals surface area contributed by atoms with Crippen molar-refractivity contribution in [2.24, 2.45) is 7.05 Å². The first-order chi connectivity index (χ1) is 12.3. The molecule has 1 heterocycles. The van der Waals surface area contributed by atoms with Gasteiger partial charge >= 0.3 is 5.69 Å². The monoisotopic (exact) mass is 389 g/mol. The van der Waals surface area contributed by atoms with Gasteiger partial charge in [0.2, 0.25) is 0 Å². The van der Waals surface area contributed by atoms with E-state index in [0.717, 1.165) is 29.3 Å². The zero-order valence-electron chi connectivity index (χ0n) is 14.0. The van der Waals surface area contributed by atoms with Gasteiger partial charge in [0.15, 0.2) is 15.0 Å². The van der Waals surface area contributed by atoms with Crippen LogP contribution < -0.4 is 0 Å². The predicted molar refractivity (Wildman–Crippen MR) is 99.0 cm³/mol. The van der Waals surface area contributed by atoms with Gasteiger partial charge in [0.1, 0.15) is 4.90 Å². The maximum Gasteiger partial charge on any atom is 0.301 e. The number of hydrogen-bond acceptors (Lipinski definition) is 6. The summed E-state index contributed by atoms with van der Waals surface area (Å²) in [6, 6.07) is 13.9. The summed E-state index contributed by atoms with van der Waals surface area (Å²) in [5.41, 5.74) is 1.40. The van der Waals surface area contributed by atoms with Gasteiger partial charge in [-0.25, -0.2) is 13.4 Å². The number of para-hydroxylation sites is 1. The molecule has 0 fully saturated rings. The van der Waals surface area contributed by atoms with Gasteiger partial charge < -0.3 is 4.57 Å². The fraction of sp³-hybridized carbons (Fsp3) is 0.118. The molecule has 0 unspecified atom stereocenters. The quantitative estimate of drug-likeness (QED) is 0.489. The summed E-state index contributed by atoms with van der Waals surface area (Å²) in [5, 5.41) is 12.0. The molecule has 9 heteroatoms. The minimum atomic E-state index is -3.72. The zero-order chi connectivity index (χ0) is 18.9. The third kappa shape index (κ3) is 3.49. The summed E-state index contributed by atoms with van der Waals surface area (Å²) in [5.74, 6) is 0. The van der Waals surface area contributed by atoms with Crippen molar-refractivity contribution in [2.75, 3.05) is 6.26 Å². The van der Waals surface area contributed by atoms with Crippen LogP contribution in [0.2, 0.25) is 0 Å². The fourth-order valence-corrected chi connectivity index (χ4v) is 4.42. The lowest BCUT2D eigenvalue weighted by atomic mass is 10.2. The molecular weight excluding hydrogens is 374 g/mol. The molecule has 3 aromatic rings. The second-order valence-electron chi connectivity index (χ2n) is 5.59. The van der Waals surface area contributed by atoms with Gasteiger partial charge in [-0.05, 0) is 29.5 Å². The number of nitrogens with zero attached hydrogens (tertiary/aromatic N) is 3. The molecule has 0 saturated heterocycles. The van der Waals surface area contributed by atoms with Gasteiger partial charge in [-0.1, -0.05) is 36.4 Å². The van der Waals surface area contributed by atoms with Crippen LogP contribution in [0.15, 0.2) is 69.7 Å². The van der Waals surface area contributed by atoms with Crippen molar-refractivity contribution in [2.45, 2.75) is 14.9 Å². The topological polar surface area (TPSA) is 95.1 Å². The Kier molecular flexibility index (Phi) is 4.84. The van der Waals surface area contributed by atoms with Gasteiger partial charge in [-0.15, -0.1) is 0 Å². The highest BCUT2D eigenvalue weighted by molar-refractivity contribution is 7.99. The Morgan fingerprint density at radius 2 is 1.81 bits per heavy atom. The predicted octanol–water partition coefficient (Wildman–Crippen LogP) is 3.55. The summed E-state index contributed by atoms with van der Waals surface area (Å²) in [6.45, 7) is 0. The lowest BCUT2D eigenvalue weighted by Crippen LogP contribution is -2.04. The minimum absolute atomic E-state index is 0.228. The van der Waals surface area contributed by atoms with Crippen LogP contribution in [0.4, 0.5) is 5.69 Å². The highest BCUT2D eigenvalue weighted by atomic mass is 32.2. The van der Waals surface area contributed by atoms with E-state index in [9.17, 15) is 18.5 Å². The maximum absolute atomic E-state index is 11.9. The standard InChI is InChI=1S/C17H15N3O4S2/c1-19-13(12-7-4-3-5-8-12)11-18-17(19)25-14-9-6-10-15(26(2,23)24)16(14)20(21)22/h3-11H,1-2H3. The molecule has 26 heavy (non-hydrogen) atoms. The van der Waals surface area contributed by atoms with Crippen LogP contribution in [0.1, 0.15) is 0 Å². The van der Waals surface area contributed by atoms with Crippen molar-refractivity contribution in [3.8, 4) is 11.3 Å². The Morgan fingerprint density at radius 3 is 2.42 bits per heavy atom. The summed E-state index contributed by atoms with van der Waals surface area (Å²) >= 11 is 1.06. The van der Waals surface area contributed by atoms with Crippen LogP contribution in [0.5, 0.6) is 0 Å². The first-order valence-corrected chi connectivity index (χ1v) is 10.2. The number of nitro benzene ring substituents is 1. The average molecular weight is 389 g/mol. The number of hydrogen-bond donors (Lipinski definition) is 0. The van der Waals surface area contributed by atoms with Crippen LogP contribution in [0, 0.1) is 10.1 Å². The van der Waals surface area contributed by atoms with E-state index in [-0.39, 0.29) is 9.79 Å². The molecule has 0 spiro atoms. The van der Waals surface area contributed by atoms with E-state index < -0.39 is 20.4 Å². The van der Waals surface area contributed by atoms with Crippen molar-refractivity contribution >= 4 is 27.3 Å². The summed E-state index contributed by atoms with van der Waals surface area (Å²) in [4.78, 5) is 15.1. The number of imidazole rings is 1. The van der Waals surface area contributed by atoms with Crippen molar-refractivity contribution in [3.05, 3.63) is 64.8 Å². The van der Waals surface area contributed by atoms with Gasteiger partial charge in [0.05, 0.1) is 21.7 Å². The fourth-order valence-electron chi connectivity index (χ4n) is 2.53. The number of benzene rings is 2. The van der Waals surface area contributed by atoms with Crippen LogP contribution in [0.3, 0.4) is 0 Å². The van der Waals surface area contributed by atoms with Crippen molar-refractivity contribution < 1.29 is 13.3 Å². The summed E-state index contributed by atoms with van der Waals surface area (Å²) in [7, 11) is -1.91. The Labute approximate surface area is 154 Å². The van der Waals surface area contributed by atoms with E-state index in [1.807, 2.05) is 41.9 Å². The molecule has 0 aliphatic heterocycles. The van der Waals surface area contributed by atoms with Crippen molar-refractivity contribution in [1.82, 2.24) is 9.55 Å². The first kappa shape index (κ1) is 18.2. The third-order valence-electron chi connectivity index (χ3n) is 3.76. The molecule has 0 radical (unpaired) electrons. The van der Waals surface area contributed by atoms with Crippen molar-refractivity contribution in [1.29, 1.82) is 0 Å². The van der Waals surface area contributed by atoms with E-state index in [1.54, 1.807) is 6.20 Å². The number of rotatable bonds is 5. The van der Waals surface area contributed by atoms with E-state index in [2.05, 4.69) is 4.98 Å². The second kappa shape index (κ2) is 6.93. The van der Waals surface area contributed by atoms with E-state index in [0.29, 0.717) is 5.16 Å². The van der Waals surface area contributed by atoms with E-state index >= 15 is 0 Å². The molecule has 0 saturated carbocycles. The molecule has 134 valence electrons. The second-order valence-corrected chi connectivity index (χ2v) is 8.58. The summed E-state index contributed by atoms with van der Waals surface area (Å²) < 4.78 is 25.6. The molecular formula is C17H15N3O4S2. The Morgan fingerprint density at radius 1 is 1.12 bits per heavy atom. The van der Waals surface area contributed by atoms with Crippen LogP contribution >= 0.6 is 11.8 Å². The third-order valence-corrected chi connectivity index (χ3v) is 6.00. The number of nitro groups is 1. The van der Waals surface area contributed by atoms with Gasteiger partial charge in [0, 0.05) is 13.3 Å². The van der Waals surface area contributed by atoms with Crippen molar-refractivity contribution in [3.63, 3.8) is 0 Å². The van der Waals surface area contributed by atoms with Crippen LogP contribution in [-0.2, 0) is 16.9 Å². The molecule has 7 nitrogen and oxygen atoms in total. The van der Waals surface area contributed by atoms with E-state index in [1.165, 1.54) is 18.2 Å². The normalized spacial score (nSPS) is 11.5. The molecule has 1 aromatic heterocycles. The average Bonchev–Trinajstić information content (AvgIpc) is 2.95. The molecule has 0 aliphatic carbocycles. The minimum Gasteiger partial charge on any atom is -0.322 e. The molecule has 0 atom stereocenters. The Balaban J connectivity index is 2.06. The molecule has 0 bridgehead atoms. The first-order valence-electron chi connectivity index (χ1n) is 7.51. The lowest BCUT2D eigenvalue weighted by molar-refractivity contribution is -0.390. The smallest absolute Gasteiger partial charge is 0.301 e. The number of sulfone groups is 1. The maximum atomic E-state index is 11.9. The summed E-state index contributed by atoms with van der Waals surface area (Å²) in [6.07, 6.45) is 2.64. The van der Waals surface area contributed by atoms with Crippen LogP contribution in [-0.4, -0.2) is 29.1 Å². The largest absolute Gasteiger partial charge is 0.322 e. The Bertz CT molecular complexity index is 1080. The molecule has 0 aliphatic rings. The lowest BCUT2D eigenvalue weighted by Gasteiger charge is -2.08. The van der Waals surface area contributed by atoms with Crippen LogP contribution in [0.25, 0.3) is 11.3 Å². The Hall–Kier alpha value is -2.65. The zero-order valence-corrected chi connectivity index (χ0v) is 15.6. The molecule has 0 amide bonds. The highest BCUT2D eigenvalue weighted by Gasteiger charge is 2.27. The van der Waals surface area contributed by atoms with E-state index in [4.69, 9.17) is 0 Å². The molecule has 2 aromatic carbocycles. The van der Waals surface area contributed by atoms with Gasteiger partial charge in [-0.3, -0.25) is 10.1 Å². The number of aromatic nitrogens is 2. The molecule has 3 rings (SSSR count).